The van der Waals surface area contributed by atoms with Gasteiger partial charge in [0.1, 0.15) is 10.8 Å². The second-order valence-corrected chi connectivity index (χ2v) is 7.44. The fraction of sp³-hybridized carbons (Fsp3) is 0.412. The molecular formula is C17H19NO2S. The molecule has 1 aromatic carbocycles. The van der Waals surface area contributed by atoms with Crippen molar-refractivity contribution in [3.63, 3.8) is 0 Å². The van der Waals surface area contributed by atoms with Crippen LogP contribution in [0.3, 0.4) is 0 Å². The lowest BCUT2D eigenvalue weighted by molar-refractivity contribution is 0.0916. The second-order valence-electron chi connectivity index (χ2n) is 6.44. The minimum atomic E-state index is 0.00674. The number of carbonyl (C=O) groups excluding carboxylic acids is 1. The van der Waals surface area contributed by atoms with Crippen molar-refractivity contribution >= 4 is 17.1 Å². The SMILES string of the molecule is COc1cc(C)ccc1-c1nc2c(s1)C(=O)CC(C)(C)C2. The predicted molar refractivity (Wildman–Crippen MR) is 85.3 cm³/mol. The lowest BCUT2D eigenvalue weighted by Crippen LogP contribution is -2.25. The van der Waals surface area contributed by atoms with E-state index in [-0.39, 0.29) is 11.2 Å². The molecule has 1 heterocycles. The third-order valence-corrected chi connectivity index (χ3v) is 5.00. The number of aryl methyl sites for hydroxylation is 1. The Labute approximate surface area is 129 Å². The van der Waals surface area contributed by atoms with Crippen molar-refractivity contribution in [2.45, 2.75) is 33.6 Å². The summed E-state index contributed by atoms with van der Waals surface area (Å²) >= 11 is 1.49. The number of rotatable bonds is 2. The number of benzene rings is 1. The number of aromatic nitrogens is 1. The van der Waals surface area contributed by atoms with Crippen molar-refractivity contribution in [2.24, 2.45) is 5.41 Å². The lowest BCUT2D eigenvalue weighted by Gasteiger charge is -2.26. The van der Waals surface area contributed by atoms with Crippen LogP contribution in [-0.4, -0.2) is 17.9 Å². The van der Waals surface area contributed by atoms with E-state index in [4.69, 9.17) is 9.72 Å². The Kier molecular flexibility index (Phi) is 3.36. The summed E-state index contributed by atoms with van der Waals surface area (Å²) in [6.45, 7) is 6.28. The molecule has 1 aliphatic carbocycles. The molecule has 0 N–H and O–H groups in total. The third kappa shape index (κ3) is 2.60. The van der Waals surface area contributed by atoms with E-state index < -0.39 is 0 Å². The highest BCUT2D eigenvalue weighted by Crippen LogP contribution is 2.41. The largest absolute Gasteiger partial charge is 0.496 e. The number of nitrogens with zero attached hydrogens (tertiary/aromatic N) is 1. The predicted octanol–water partition coefficient (Wildman–Crippen LogP) is 4.28. The van der Waals surface area contributed by atoms with Crippen LogP contribution in [0.5, 0.6) is 5.75 Å². The molecule has 0 atom stereocenters. The maximum atomic E-state index is 12.3. The third-order valence-electron chi connectivity index (χ3n) is 3.82. The molecule has 4 heteroatoms. The van der Waals surface area contributed by atoms with Crippen LogP contribution in [0.4, 0.5) is 0 Å². The molecule has 3 nitrogen and oxygen atoms in total. The van der Waals surface area contributed by atoms with E-state index in [0.29, 0.717) is 6.42 Å². The van der Waals surface area contributed by atoms with Crippen molar-refractivity contribution < 1.29 is 9.53 Å². The fourth-order valence-electron chi connectivity index (χ4n) is 2.81. The number of thiazole rings is 1. The Morgan fingerprint density at radius 2 is 2.05 bits per heavy atom. The van der Waals surface area contributed by atoms with Crippen LogP contribution < -0.4 is 4.74 Å². The van der Waals surface area contributed by atoms with Gasteiger partial charge in [0.15, 0.2) is 5.78 Å². The average molecular weight is 301 g/mol. The zero-order valence-electron chi connectivity index (χ0n) is 12.8. The standard InChI is InChI=1S/C17H19NO2S/c1-10-5-6-11(14(7-10)20-4)16-18-12-8-17(2,3)9-13(19)15(12)21-16/h5-7H,8-9H2,1-4H3. The van der Waals surface area contributed by atoms with Crippen LogP contribution in [0.2, 0.25) is 0 Å². The molecule has 0 fully saturated rings. The first-order valence-electron chi connectivity index (χ1n) is 7.07. The van der Waals surface area contributed by atoms with Crippen molar-refractivity contribution in [2.75, 3.05) is 7.11 Å². The van der Waals surface area contributed by atoms with Gasteiger partial charge < -0.3 is 4.74 Å². The highest BCUT2D eigenvalue weighted by atomic mass is 32.1. The monoisotopic (exact) mass is 301 g/mol. The van der Waals surface area contributed by atoms with Crippen LogP contribution in [0.25, 0.3) is 10.6 Å². The molecule has 0 saturated carbocycles. The Morgan fingerprint density at radius 3 is 2.76 bits per heavy atom. The van der Waals surface area contributed by atoms with Crippen LogP contribution in [0.1, 0.15) is 41.2 Å². The minimum Gasteiger partial charge on any atom is -0.496 e. The number of Topliss-reactive ketones (excluding diaryl/α,β-unsaturated/α-hetero) is 1. The summed E-state index contributed by atoms with van der Waals surface area (Å²) in [6.07, 6.45) is 1.46. The molecule has 1 aromatic heterocycles. The van der Waals surface area contributed by atoms with Gasteiger partial charge in [-0.15, -0.1) is 11.3 Å². The Hall–Kier alpha value is -1.68. The summed E-state index contributed by atoms with van der Waals surface area (Å²) in [5, 5.41) is 0.878. The van der Waals surface area contributed by atoms with Gasteiger partial charge in [0.2, 0.25) is 0 Å². The second kappa shape index (κ2) is 4.95. The number of hydrogen-bond donors (Lipinski definition) is 0. The smallest absolute Gasteiger partial charge is 0.175 e. The maximum absolute atomic E-state index is 12.3. The van der Waals surface area contributed by atoms with E-state index in [0.717, 1.165) is 38.9 Å². The molecule has 3 rings (SSSR count). The minimum absolute atomic E-state index is 0.00674. The molecule has 0 spiro atoms. The topological polar surface area (TPSA) is 39.2 Å². The first-order valence-corrected chi connectivity index (χ1v) is 7.89. The van der Waals surface area contributed by atoms with Crippen LogP contribution in [0.15, 0.2) is 18.2 Å². The molecule has 2 aromatic rings. The summed E-state index contributed by atoms with van der Waals surface area (Å²) in [5.74, 6) is 1.03. The Balaban J connectivity index is 2.09. The molecule has 0 radical (unpaired) electrons. The molecule has 0 aliphatic heterocycles. The average Bonchev–Trinajstić information content (AvgIpc) is 2.80. The lowest BCUT2D eigenvalue weighted by atomic mass is 9.78. The van der Waals surface area contributed by atoms with E-state index in [1.165, 1.54) is 11.3 Å². The van der Waals surface area contributed by atoms with Gasteiger partial charge >= 0.3 is 0 Å². The van der Waals surface area contributed by atoms with E-state index in [1.54, 1.807) is 7.11 Å². The summed E-state index contributed by atoms with van der Waals surface area (Å²) < 4.78 is 5.46. The normalized spacial score (nSPS) is 16.7. The van der Waals surface area contributed by atoms with Crippen molar-refractivity contribution in [3.05, 3.63) is 34.3 Å². The molecule has 21 heavy (non-hydrogen) atoms. The molecule has 110 valence electrons. The van der Waals surface area contributed by atoms with Gasteiger partial charge in [-0.2, -0.15) is 0 Å². The number of fused-ring (bicyclic) bond motifs is 1. The number of ether oxygens (including phenoxy) is 1. The zero-order chi connectivity index (χ0) is 15.2. The quantitative estimate of drug-likeness (QED) is 0.831. The van der Waals surface area contributed by atoms with Crippen molar-refractivity contribution in [1.29, 1.82) is 0 Å². The van der Waals surface area contributed by atoms with Crippen LogP contribution in [0, 0.1) is 12.3 Å². The van der Waals surface area contributed by atoms with E-state index in [2.05, 4.69) is 13.8 Å². The fourth-order valence-corrected chi connectivity index (χ4v) is 3.86. The molecule has 0 amide bonds. The molecular weight excluding hydrogens is 282 g/mol. The number of carbonyl (C=O) groups is 1. The Morgan fingerprint density at radius 1 is 1.29 bits per heavy atom. The van der Waals surface area contributed by atoms with E-state index in [9.17, 15) is 4.79 Å². The Bertz CT molecular complexity index is 716. The van der Waals surface area contributed by atoms with E-state index >= 15 is 0 Å². The van der Waals surface area contributed by atoms with Gasteiger partial charge in [-0.3, -0.25) is 4.79 Å². The van der Waals surface area contributed by atoms with Crippen molar-refractivity contribution in [1.82, 2.24) is 4.98 Å². The summed E-state index contributed by atoms with van der Waals surface area (Å²) in [4.78, 5) is 17.8. The highest BCUT2D eigenvalue weighted by molar-refractivity contribution is 7.17. The van der Waals surface area contributed by atoms with Gasteiger partial charge in [0, 0.05) is 6.42 Å². The van der Waals surface area contributed by atoms with Crippen LogP contribution >= 0.6 is 11.3 Å². The number of ketones is 1. The molecule has 0 saturated heterocycles. The highest BCUT2D eigenvalue weighted by Gasteiger charge is 2.34. The van der Waals surface area contributed by atoms with Gasteiger partial charge in [-0.05, 0) is 36.5 Å². The molecule has 1 aliphatic rings. The summed E-state index contributed by atoms with van der Waals surface area (Å²) in [7, 11) is 1.67. The molecule has 0 unspecified atom stereocenters. The van der Waals surface area contributed by atoms with Gasteiger partial charge in [0.25, 0.3) is 0 Å². The van der Waals surface area contributed by atoms with Gasteiger partial charge in [0.05, 0.1) is 23.2 Å². The summed E-state index contributed by atoms with van der Waals surface area (Å²) in [6, 6.07) is 6.07. The van der Waals surface area contributed by atoms with Gasteiger partial charge in [-0.25, -0.2) is 4.98 Å². The maximum Gasteiger partial charge on any atom is 0.175 e. The van der Waals surface area contributed by atoms with Crippen molar-refractivity contribution in [3.8, 4) is 16.3 Å². The number of methoxy groups -OCH3 is 1. The summed E-state index contributed by atoms with van der Waals surface area (Å²) in [5.41, 5.74) is 3.06. The number of hydrogen-bond acceptors (Lipinski definition) is 4. The first kappa shape index (κ1) is 14.3. The van der Waals surface area contributed by atoms with Gasteiger partial charge in [-0.1, -0.05) is 19.9 Å². The van der Waals surface area contributed by atoms with Crippen LogP contribution in [-0.2, 0) is 6.42 Å². The van der Waals surface area contributed by atoms with E-state index in [1.807, 2.05) is 25.1 Å². The zero-order valence-corrected chi connectivity index (χ0v) is 13.6. The molecule has 0 bridgehead atoms. The first-order chi connectivity index (χ1) is 9.89.